The highest BCUT2D eigenvalue weighted by Crippen LogP contribution is 2.11. The number of rotatable bonds is 6. The SMILES string of the molecule is CC(=O)c1cccc(NC(=O)COC(=O)/C=C/c2ccco2)c1. The van der Waals surface area contributed by atoms with Gasteiger partial charge < -0.3 is 14.5 Å². The molecule has 2 aromatic rings. The summed E-state index contributed by atoms with van der Waals surface area (Å²) in [5, 5.41) is 2.55. The van der Waals surface area contributed by atoms with Crippen LogP contribution in [-0.2, 0) is 14.3 Å². The van der Waals surface area contributed by atoms with Gasteiger partial charge in [0.25, 0.3) is 5.91 Å². The van der Waals surface area contributed by atoms with E-state index in [2.05, 4.69) is 5.32 Å². The second-order valence-corrected chi connectivity index (χ2v) is 4.64. The molecule has 0 aliphatic rings. The lowest BCUT2D eigenvalue weighted by atomic mass is 10.1. The fourth-order valence-corrected chi connectivity index (χ4v) is 1.73. The monoisotopic (exact) mass is 313 g/mol. The van der Waals surface area contributed by atoms with Crippen LogP contribution in [0, 0.1) is 0 Å². The smallest absolute Gasteiger partial charge is 0.331 e. The van der Waals surface area contributed by atoms with E-state index in [0.717, 1.165) is 0 Å². The average Bonchev–Trinajstić information content (AvgIpc) is 3.04. The minimum atomic E-state index is -0.658. The Labute approximate surface area is 132 Å². The summed E-state index contributed by atoms with van der Waals surface area (Å²) in [5.74, 6) is -0.748. The van der Waals surface area contributed by atoms with Crippen molar-refractivity contribution in [3.8, 4) is 0 Å². The molecule has 0 radical (unpaired) electrons. The second-order valence-electron chi connectivity index (χ2n) is 4.64. The quantitative estimate of drug-likeness (QED) is 0.503. The molecule has 1 amide bonds. The van der Waals surface area contributed by atoms with E-state index in [9.17, 15) is 14.4 Å². The zero-order valence-electron chi connectivity index (χ0n) is 12.4. The summed E-state index contributed by atoms with van der Waals surface area (Å²) in [6.07, 6.45) is 4.09. The van der Waals surface area contributed by atoms with E-state index in [0.29, 0.717) is 17.0 Å². The van der Waals surface area contributed by atoms with Gasteiger partial charge in [0.1, 0.15) is 5.76 Å². The summed E-state index contributed by atoms with van der Waals surface area (Å²) < 4.78 is 9.82. The van der Waals surface area contributed by atoms with E-state index in [1.807, 2.05) is 0 Å². The first-order valence-corrected chi connectivity index (χ1v) is 6.84. The van der Waals surface area contributed by atoms with Gasteiger partial charge in [-0.15, -0.1) is 0 Å². The van der Waals surface area contributed by atoms with Crippen molar-refractivity contribution >= 4 is 29.4 Å². The lowest BCUT2D eigenvalue weighted by Crippen LogP contribution is -2.20. The van der Waals surface area contributed by atoms with Gasteiger partial charge in [0, 0.05) is 17.3 Å². The first-order chi connectivity index (χ1) is 11.0. The van der Waals surface area contributed by atoms with Crippen molar-refractivity contribution in [3.05, 3.63) is 60.1 Å². The van der Waals surface area contributed by atoms with Crippen LogP contribution < -0.4 is 5.32 Å². The Bertz CT molecular complexity index is 731. The molecular formula is C17H15NO5. The standard InChI is InChI=1S/C17H15NO5/c1-12(19)13-4-2-5-14(10-13)18-16(20)11-23-17(21)8-7-15-6-3-9-22-15/h2-10H,11H2,1H3,(H,18,20)/b8-7+. The molecule has 1 N–H and O–H groups in total. The highest BCUT2D eigenvalue weighted by molar-refractivity contribution is 5.98. The average molecular weight is 313 g/mol. The van der Waals surface area contributed by atoms with Crippen LogP contribution in [0.2, 0.25) is 0 Å². The fraction of sp³-hybridized carbons (Fsp3) is 0.118. The third-order valence-corrected chi connectivity index (χ3v) is 2.83. The van der Waals surface area contributed by atoms with Crippen LogP contribution in [-0.4, -0.2) is 24.3 Å². The van der Waals surface area contributed by atoms with Gasteiger partial charge in [0.2, 0.25) is 0 Å². The number of esters is 1. The van der Waals surface area contributed by atoms with E-state index in [1.54, 1.807) is 36.4 Å². The highest BCUT2D eigenvalue weighted by Gasteiger charge is 2.07. The second kappa shape index (κ2) is 7.74. The number of ketones is 1. The van der Waals surface area contributed by atoms with Crippen LogP contribution in [0.4, 0.5) is 5.69 Å². The van der Waals surface area contributed by atoms with Gasteiger partial charge in [0.15, 0.2) is 12.4 Å². The molecule has 0 unspecified atom stereocenters. The van der Waals surface area contributed by atoms with Crippen molar-refractivity contribution in [2.24, 2.45) is 0 Å². The van der Waals surface area contributed by atoms with Gasteiger partial charge in [0.05, 0.1) is 6.26 Å². The molecule has 0 bridgehead atoms. The van der Waals surface area contributed by atoms with Crippen LogP contribution in [0.1, 0.15) is 23.0 Å². The van der Waals surface area contributed by atoms with Crippen LogP contribution in [0.15, 0.2) is 53.2 Å². The van der Waals surface area contributed by atoms with Crippen LogP contribution in [0.5, 0.6) is 0 Å². The van der Waals surface area contributed by atoms with Crippen molar-refractivity contribution in [1.82, 2.24) is 0 Å². The number of hydrogen-bond donors (Lipinski definition) is 1. The van der Waals surface area contributed by atoms with Crippen molar-refractivity contribution in [2.45, 2.75) is 6.92 Å². The third-order valence-electron chi connectivity index (χ3n) is 2.83. The van der Waals surface area contributed by atoms with Crippen molar-refractivity contribution in [2.75, 3.05) is 11.9 Å². The van der Waals surface area contributed by atoms with Crippen molar-refractivity contribution in [1.29, 1.82) is 0 Å². The molecule has 0 atom stereocenters. The number of carbonyl (C=O) groups is 3. The summed E-state index contributed by atoms with van der Waals surface area (Å²) in [5.41, 5.74) is 0.950. The molecule has 6 heteroatoms. The van der Waals surface area contributed by atoms with E-state index >= 15 is 0 Å². The number of benzene rings is 1. The number of hydrogen-bond acceptors (Lipinski definition) is 5. The molecule has 0 saturated carbocycles. The van der Waals surface area contributed by atoms with E-state index in [-0.39, 0.29) is 5.78 Å². The van der Waals surface area contributed by atoms with Crippen LogP contribution in [0.3, 0.4) is 0 Å². The topological polar surface area (TPSA) is 85.6 Å². The predicted molar refractivity (Wildman–Crippen MR) is 83.8 cm³/mol. The van der Waals surface area contributed by atoms with Gasteiger partial charge in [-0.05, 0) is 37.3 Å². The van der Waals surface area contributed by atoms with Gasteiger partial charge in [-0.2, -0.15) is 0 Å². The number of nitrogens with one attached hydrogen (secondary N) is 1. The zero-order chi connectivity index (χ0) is 16.7. The molecule has 2 rings (SSSR count). The lowest BCUT2D eigenvalue weighted by molar-refractivity contribution is -0.142. The van der Waals surface area contributed by atoms with E-state index in [4.69, 9.17) is 9.15 Å². The minimum absolute atomic E-state index is 0.101. The zero-order valence-corrected chi connectivity index (χ0v) is 12.4. The molecule has 0 fully saturated rings. The number of Topliss-reactive ketones (excluding diaryl/α,β-unsaturated/α-hetero) is 1. The van der Waals surface area contributed by atoms with Crippen LogP contribution in [0.25, 0.3) is 6.08 Å². The van der Waals surface area contributed by atoms with E-state index < -0.39 is 18.5 Å². The molecule has 0 spiro atoms. The Hall–Kier alpha value is -3.15. The van der Waals surface area contributed by atoms with Gasteiger partial charge >= 0.3 is 5.97 Å². The molecule has 0 aliphatic heterocycles. The number of furan rings is 1. The summed E-state index contributed by atoms with van der Waals surface area (Å²) in [7, 11) is 0. The third kappa shape index (κ3) is 5.28. The summed E-state index contributed by atoms with van der Waals surface area (Å²) >= 11 is 0. The lowest BCUT2D eigenvalue weighted by Gasteiger charge is -2.06. The van der Waals surface area contributed by atoms with E-state index in [1.165, 1.54) is 25.3 Å². The Balaban J connectivity index is 1.82. The molecule has 6 nitrogen and oxygen atoms in total. The molecule has 1 aromatic carbocycles. The molecule has 23 heavy (non-hydrogen) atoms. The number of carbonyl (C=O) groups excluding carboxylic acids is 3. The maximum Gasteiger partial charge on any atom is 0.331 e. The fourth-order valence-electron chi connectivity index (χ4n) is 1.73. The Morgan fingerprint density at radius 1 is 1.22 bits per heavy atom. The molecule has 0 saturated heterocycles. The Kier molecular flexibility index (Phi) is 5.46. The molecular weight excluding hydrogens is 298 g/mol. The maximum absolute atomic E-state index is 11.7. The highest BCUT2D eigenvalue weighted by atomic mass is 16.5. The first-order valence-electron chi connectivity index (χ1n) is 6.84. The largest absolute Gasteiger partial charge is 0.465 e. The van der Waals surface area contributed by atoms with Crippen molar-refractivity contribution < 1.29 is 23.5 Å². The Morgan fingerprint density at radius 2 is 2.04 bits per heavy atom. The summed E-state index contributed by atoms with van der Waals surface area (Å²) in [4.78, 5) is 34.4. The molecule has 118 valence electrons. The molecule has 1 aromatic heterocycles. The number of ether oxygens (including phenoxy) is 1. The predicted octanol–water partition coefficient (Wildman–Crippen LogP) is 2.68. The molecule has 0 aliphatic carbocycles. The van der Waals surface area contributed by atoms with Gasteiger partial charge in [-0.3, -0.25) is 9.59 Å². The summed E-state index contributed by atoms with van der Waals surface area (Å²) in [6, 6.07) is 9.87. The number of anilines is 1. The minimum Gasteiger partial charge on any atom is -0.465 e. The first kappa shape index (κ1) is 16.2. The van der Waals surface area contributed by atoms with Gasteiger partial charge in [-0.1, -0.05) is 12.1 Å². The maximum atomic E-state index is 11.7. The van der Waals surface area contributed by atoms with Crippen LogP contribution >= 0.6 is 0 Å². The molecule has 1 heterocycles. The normalized spacial score (nSPS) is 10.5. The van der Waals surface area contributed by atoms with Crippen molar-refractivity contribution in [3.63, 3.8) is 0 Å². The number of amides is 1. The van der Waals surface area contributed by atoms with Gasteiger partial charge in [-0.25, -0.2) is 4.79 Å². The Morgan fingerprint density at radius 3 is 2.74 bits per heavy atom. The summed E-state index contributed by atoms with van der Waals surface area (Å²) in [6.45, 7) is 1.01.